The van der Waals surface area contributed by atoms with Crippen LogP contribution in [0.4, 0.5) is 11.5 Å². The molecule has 2 aromatic heterocycles. The Bertz CT molecular complexity index is 1110. The van der Waals surface area contributed by atoms with E-state index in [1.54, 1.807) is 4.52 Å². The van der Waals surface area contributed by atoms with Gasteiger partial charge < -0.3 is 10.6 Å². The second-order valence-corrected chi connectivity index (χ2v) is 6.28. The van der Waals surface area contributed by atoms with Crippen LogP contribution < -0.4 is 10.6 Å². The molecule has 2 aromatic carbocycles. The van der Waals surface area contributed by atoms with Crippen molar-refractivity contribution in [2.45, 2.75) is 13.3 Å². The van der Waals surface area contributed by atoms with E-state index in [0.717, 1.165) is 28.9 Å². The summed E-state index contributed by atoms with van der Waals surface area (Å²) in [7, 11) is 0. The summed E-state index contributed by atoms with van der Waals surface area (Å²) in [6.07, 6.45) is 2.30. The van der Waals surface area contributed by atoms with Crippen LogP contribution in [0.2, 0.25) is 0 Å². The number of anilines is 2. The van der Waals surface area contributed by atoms with Gasteiger partial charge in [-0.1, -0.05) is 55.5 Å². The summed E-state index contributed by atoms with van der Waals surface area (Å²) in [5.74, 6) is 0.994. The van der Waals surface area contributed by atoms with Gasteiger partial charge in [0.25, 0.3) is 5.78 Å². The molecule has 2 heterocycles. The molecule has 0 aliphatic rings. The van der Waals surface area contributed by atoms with Crippen molar-refractivity contribution in [1.29, 1.82) is 0 Å². The minimum absolute atomic E-state index is 0.102. The molecule has 0 spiro atoms. The first-order chi connectivity index (χ1) is 13.7. The molecular formula is C21H20N6O. The standard InChI is InChI=1S/C21H20N6O/c1-2-15-8-6-7-11-17(15)25-20(28)13-22-19-12-18(16-9-4-3-5-10-16)26-21-23-14-24-27(19)21/h3-12,14,22H,2,13H2,1H3,(H,25,28). The van der Waals surface area contributed by atoms with Gasteiger partial charge in [-0.25, -0.2) is 4.98 Å². The average molecular weight is 372 g/mol. The van der Waals surface area contributed by atoms with Crippen LogP contribution in [0.15, 0.2) is 67.0 Å². The van der Waals surface area contributed by atoms with Crippen molar-refractivity contribution in [3.63, 3.8) is 0 Å². The van der Waals surface area contributed by atoms with Crippen LogP contribution in [-0.4, -0.2) is 32.0 Å². The second-order valence-electron chi connectivity index (χ2n) is 6.28. The number of aromatic nitrogens is 4. The lowest BCUT2D eigenvalue weighted by Gasteiger charge is -2.12. The summed E-state index contributed by atoms with van der Waals surface area (Å²) < 4.78 is 1.58. The van der Waals surface area contributed by atoms with Gasteiger partial charge in [-0.15, -0.1) is 0 Å². The molecule has 140 valence electrons. The summed E-state index contributed by atoms with van der Waals surface area (Å²) in [6, 6.07) is 19.5. The van der Waals surface area contributed by atoms with Gasteiger partial charge in [0, 0.05) is 17.3 Å². The molecule has 0 bridgehead atoms. The van der Waals surface area contributed by atoms with Crippen LogP contribution in [0, 0.1) is 0 Å². The number of nitrogens with zero attached hydrogens (tertiary/aromatic N) is 4. The van der Waals surface area contributed by atoms with Gasteiger partial charge in [-0.05, 0) is 18.1 Å². The molecule has 0 radical (unpaired) electrons. The maximum Gasteiger partial charge on any atom is 0.254 e. The molecule has 0 saturated heterocycles. The van der Waals surface area contributed by atoms with Crippen molar-refractivity contribution in [2.24, 2.45) is 0 Å². The highest BCUT2D eigenvalue weighted by molar-refractivity contribution is 5.94. The first kappa shape index (κ1) is 17.7. The van der Waals surface area contributed by atoms with Gasteiger partial charge in [0.2, 0.25) is 5.91 Å². The first-order valence-electron chi connectivity index (χ1n) is 9.12. The third kappa shape index (κ3) is 3.68. The lowest BCUT2D eigenvalue weighted by Crippen LogP contribution is -2.23. The molecular weight excluding hydrogens is 352 g/mol. The van der Waals surface area contributed by atoms with Gasteiger partial charge >= 0.3 is 0 Å². The molecule has 1 amide bonds. The molecule has 2 N–H and O–H groups in total. The SMILES string of the molecule is CCc1ccccc1NC(=O)CNc1cc(-c2ccccc2)nc2ncnn12. The fourth-order valence-electron chi connectivity index (χ4n) is 3.01. The largest absolute Gasteiger partial charge is 0.361 e. The summed E-state index contributed by atoms with van der Waals surface area (Å²) in [4.78, 5) is 21.2. The monoisotopic (exact) mass is 372 g/mol. The van der Waals surface area contributed by atoms with Crippen molar-refractivity contribution in [3.05, 3.63) is 72.6 Å². The van der Waals surface area contributed by atoms with Crippen LogP contribution in [0.3, 0.4) is 0 Å². The summed E-state index contributed by atoms with van der Waals surface area (Å²) in [6.45, 7) is 2.16. The Balaban J connectivity index is 1.54. The summed E-state index contributed by atoms with van der Waals surface area (Å²) >= 11 is 0. The first-order valence-corrected chi connectivity index (χ1v) is 9.12. The third-order valence-electron chi connectivity index (χ3n) is 4.42. The molecule has 0 unspecified atom stereocenters. The van der Waals surface area contributed by atoms with E-state index in [1.807, 2.05) is 60.7 Å². The Morgan fingerprint density at radius 1 is 1.07 bits per heavy atom. The quantitative estimate of drug-likeness (QED) is 0.542. The molecule has 7 nitrogen and oxygen atoms in total. The van der Waals surface area contributed by atoms with E-state index in [-0.39, 0.29) is 12.5 Å². The fourth-order valence-corrected chi connectivity index (χ4v) is 3.01. The van der Waals surface area contributed by atoms with Gasteiger partial charge in [-0.2, -0.15) is 14.6 Å². The van der Waals surface area contributed by atoms with Gasteiger partial charge in [-0.3, -0.25) is 4.79 Å². The molecule has 4 aromatic rings. The van der Waals surface area contributed by atoms with Crippen molar-refractivity contribution in [2.75, 3.05) is 17.2 Å². The normalized spacial score (nSPS) is 10.8. The molecule has 28 heavy (non-hydrogen) atoms. The lowest BCUT2D eigenvalue weighted by molar-refractivity contribution is -0.114. The maximum atomic E-state index is 12.4. The number of fused-ring (bicyclic) bond motifs is 1. The Labute approximate surface area is 162 Å². The predicted molar refractivity (Wildman–Crippen MR) is 109 cm³/mol. The Morgan fingerprint density at radius 2 is 1.86 bits per heavy atom. The highest BCUT2D eigenvalue weighted by atomic mass is 16.1. The molecule has 7 heteroatoms. The average Bonchev–Trinajstić information content (AvgIpc) is 3.22. The van der Waals surface area contributed by atoms with E-state index in [9.17, 15) is 4.79 Å². The number of benzene rings is 2. The summed E-state index contributed by atoms with van der Waals surface area (Å²) in [5.41, 5.74) is 3.67. The van der Waals surface area contributed by atoms with E-state index >= 15 is 0 Å². The lowest BCUT2D eigenvalue weighted by atomic mass is 10.1. The number of hydrogen-bond donors (Lipinski definition) is 2. The Morgan fingerprint density at radius 3 is 2.68 bits per heavy atom. The van der Waals surface area contributed by atoms with Gasteiger partial charge in [0.05, 0.1) is 12.2 Å². The zero-order valence-electron chi connectivity index (χ0n) is 15.5. The van der Waals surface area contributed by atoms with Crippen LogP contribution in [0.5, 0.6) is 0 Å². The molecule has 0 fully saturated rings. The van der Waals surface area contributed by atoms with E-state index in [0.29, 0.717) is 11.6 Å². The van der Waals surface area contributed by atoms with Crippen LogP contribution in [0.1, 0.15) is 12.5 Å². The zero-order chi connectivity index (χ0) is 19.3. The van der Waals surface area contributed by atoms with E-state index < -0.39 is 0 Å². The minimum Gasteiger partial charge on any atom is -0.361 e. The number of rotatable bonds is 6. The van der Waals surface area contributed by atoms with Gasteiger partial charge in [0.15, 0.2) is 0 Å². The number of nitrogens with one attached hydrogen (secondary N) is 2. The zero-order valence-corrected chi connectivity index (χ0v) is 15.5. The van der Waals surface area contributed by atoms with Crippen molar-refractivity contribution in [1.82, 2.24) is 19.6 Å². The molecule has 0 aliphatic carbocycles. The number of para-hydroxylation sites is 1. The molecule has 4 rings (SSSR count). The van der Waals surface area contributed by atoms with Gasteiger partial charge in [0.1, 0.15) is 12.1 Å². The Hall–Kier alpha value is -3.74. The number of amides is 1. The van der Waals surface area contributed by atoms with E-state index in [2.05, 4.69) is 32.6 Å². The van der Waals surface area contributed by atoms with Crippen molar-refractivity contribution < 1.29 is 4.79 Å². The van der Waals surface area contributed by atoms with Crippen molar-refractivity contribution in [3.8, 4) is 11.3 Å². The maximum absolute atomic E-state index is 12.4. The van der Waals surface area contributed by atoms with Crippen LogP contribution in [0.25, 0.3) is 17.0 Å². The minimum atomic E-state index is -0.132. The fraction of sp³-hybridized carbons (Fsp3) is 0.143. The third-order valence-corrected chi connectivity index (χ3v) is 4.42. The predicted octanol–water partition coefficient (Wildman–Crippen LogP) is 3.40. The van der Waals surface area contributed by atoms with E-state index in [4.69, 9.17) is 0 Å². The highest BCUT2D eigenvalue weighted by Gasteiger charge is 2.11. The number of carbonyl (C=O) groups is 1. The number of aryl methyl sites for hydroxylation is 1. The number of hydrogen-bond acceptors (Lipinski definition) is 5. The van der Waals surface area contributed by atoms with E-state index in [1.165, 1.54) is 6.33 Å². The smallest absolute Gasteiger partial charge is 0.254 e. The highest BCUT2D eigenvalue weighted by Crippen LogP contribution is 2.21. The molecule has 0 aliphatic heterocycles. The molecule has 0 atom stereocenters. The van der Waals surface area contributed by atoms with Crippen LogP contribution >= 0.6 is 0 Å². The number of carbonyl (C=O) groups excluding carboxylic acids is 1. The second kappa shape index (κ2) is 7.87. The molecule has 0 saturated carbocycles. The summed E-state index contributed by atoms with van der Waals surface area (Å²) in [5, 5.41) is 10.3. The topological polar surface area (TPSA) is 84.2 Å². The van der Waals surface area contributed by atoms with Crippen molar-refractivity contribution >= 4 is 23.2 Å². The Kier molecular flexibility index (Phi) is 4.97. The van der Waals surface area contributed by atoms with Crippen LogP contribution in [-0.2, 0) is 11.2 Å².